The first-order chi connectivity index (χ1) is 5.16. The van der Waals surface area contributed by atoms with E-state index in [-0.39, 0.29) is 11.0 Å². The van der Waals surface area contributed by atoms with Gasteiger partial charge in [0.05, 0.1) is 5.92 Å². The zero-order valence-corrected chi connectivity index (χ0v) is 6.63. The van der Waals surface area contributed by atoms with Gasteiger partial charge in [-0.25, -0.2) is 0 Å². The van der Waals surface area contributed by atoms with Gasteiger partial charge in [0.2, 0.25) is 0 Å². The second-order valence-corrected chi connectivity index (χ2v) is 3.47. The van der Waals surface area contributed by atoms with E-state index >= 15 is 0 Å². The Morgan fingerprint density at radius 1 is 1.82 bits per heavy atom. The Balaban J connectivity index is 2.54. The van der Waals surface area contributed by atoms with Crippen LogP contribution in [0.4, 0.5) is 0 Å². The molecule has 0 unspecified atom stereocenters. The summed E-state index contributed by atoms with van der Waals surface area (Å²) >= 11 is 0.898. The number of carboxylic acid groups (broad SMARTS) is 1. The van der Waals surface area contributed by atoms with E-state index in [4.69, 9.17) is 5.11 Å². The number of hydrogen-bond acceptors (Lipinski definition) is 3. The molecule has 0 saturated carbocycles. The molecule has 4 heteroatoms. The second-order valence-electron chi connectivity index (χ2n) is 2.33. The van der Waals surface area contributed by atoms with Crippen molar-refractivity contribution in [2.45, 2.75) is 11.7 Å². The van der Waals surface area contributed by atoms with Crippen molar-refractivity contribution in [3.8, 4) is 0 Å². The Morgan fingerprint density at radius 2 is 2.45 bits per heavy atom. The first-order valence-electron chi connectivity index (χ1n) is 3.21. The molecule has 0 aromatic rings. The molecule has 0 radical (unpaired) electrons. The van der Waals surface area contributed by atoms with Crippen LogP contribution in [0.2, 0.25) is 0 Å². The zero-order chi connectivity index (χ0) is 8.43. The lowest BCUT2D eigenvalue weighted by atomic mass is 10.0. The van der Waals surface area contributed by atoms with E-state index < -0.39 is 11.2 Å². The van der Waals surface area contributed by atoms with Gasteiger partial charge < -0.3 is 5.11 Å². The third kappa shape index (κ3) is 1.45. The van der Waals surface area contributed by atoms with Crippen molar-refractivity contribution < 1.29 is 14.7 Å². The maximum absolute atomic E-state index is 10.8. The number of carbonyl (C=O) groups is 2. The van der Waals surface area contributed by atoms with Crippen LogP contribution in [-0.2, 0) is 9.59 Å². The number of carboxylic acids is 1. The normalized spacial score (nSPS) is 29.3. The maximum Gasteiger partial charge on any atom is 0.317 e. The minimum Gasteiger partial charge on any atom is -0.480 e. The fraction of sp³-hybridized carbons (Fsp3) is 0.429. The van der Waals surface area contributed by atoms with Crippen LogP contribution in [0.3, 0.4) is 0 Å². The predicted molar refractivity (Wildman–Crippen MR) is 42.3 cm³/mol. The van der Waals surface area contributed by atoms with Crippen LogP contribution in [0.5, 0.6) is 0 Å². The van der Waals surface area contributed by atoms with Crippen molar-refractivity contribution >= 4 is 22.8 Å². The van der Waals surface area contributed by atoms with Crippen LogP contribution in [-0.4, -0.2) is 21.4 Å². The average molecular weight is 172 g/mol. The van der Waals surface area contributed by atoms with Gasteiger partial charge in [0.1, 0.15) is 5.25 Å². The molecular formula is C7H8O3S. The van der Waals surface area contributed by atoms with Crippen LogP contribution in [0, 0.1) is 5.92 Å². The number of carbonyl (C=O) groups excluding carboxylic acids is 1. The summed E-state index contributed by atoms with van der Waals surface area (Å²) in [6.45, 7) is 3.46. The molecule has 0 aromatic heterocycles. The van der Waals surface area contributed by atoms with Gasteiger partial charge in [0, 0.05) is 0 Å². The number of allylic oxidation sites excluding steroid dienone is 1. The average Bonchev–Trinajstić information content (AvgIpc) is 1.95. The van der Waals surface area contributed by atoms with Gasteiger partial charge in [-0.1, -0.05) is 17.8 Å². The molecule has 0 spiro atoms. The van der Waals surface area contributed by atoms with Crippen molar-refractivity contribution in [3.05, 3.63) is 12.7 Å². The van der Waals surface area contributed by atoms with Gasteiger partial charge in [-0.2, -0.15) is 0 Å². The van der Waals surface area contributed by atoms with Crippen molar-refractivity contribution in [1.29, 1.82) is 0 Å². The monoisotopic (exact) mass is 172 g/mol. The summed E-state index contributed by atoms with van der Waals surface area (Å²) in [6, 6.07) is 0. The van der Waals surface area contributed by atoms with Crippen molar-refractivity contribution in [2.75, 3.05) is 0 Å². The summed E-state index contributed by atoms with van der Waals surface area (Å²) in [5.74, 6) is -1.24. The fourth-order valence-corrected chi connectivity index (χ4v) is 1.90. The van der Waals surface area contributed by atoms with E-state index in [9.17, 15) is 9.59 Å². The number of hydrogen-bond donors (Lipinski definition) is 1. The van der Waals surface area contributed by atoms with Crippen molar-refractivity contribution in [2.24, 2.45) is 5.92 Å². The Morgan fingerprint density at radius 3 is 2.82 bits per heavy atom. The Bertz CT molecular complexity index is 212. The molecule has 0 bridgehead atoms. The SMILES string of the molecule is C=CC[C@@H]1C(=O)S[C@H]1C(=O)O. The molecule has 1 aliphatic rings. The van der Waals surface area contributed by atoms with E-state index in [0.717, 1.165) is 11.8 Å². The van der Waals surface area contributed by atoms with Gasteiger partial charge in [-0.05, 0) is 6.42 Å². The van der Waals surface area contributed by atoms with Crippen LogP contribution >= 0.6 is 11.8 Å². The van der Waals surface area contributed by atoms with E-state index in [0.29, 0.717) is 6.42 Å². The summed E-state index contributed by atoms with van der Waals surface area (Å²) in [5.41, 5.74) is 0. The molecule has 0 aliphatic carbocycles. The van der Waals surface area contributed by atoms with E-state index in [1.165, 1.54) is 0 Å². The molecule has 1 N–H and O–H groups in total. The zero-order valence-electron chi connectivity index (χ0n) is 5.82. The highest BCUT2D eigenvalue weighted by Gasteiger charge is 2.44. The second kappa shape index (κ2) is 3.09. The van der Waals surface area contributed by atoms with Crippen LogP contribution < -0.4 is 0 Å². The van der Waals surface area contributed by atoms with Gasteiger partial charge in [0.25, 0.3) is 0 Å². The molecule has 11 heavy (non-hydrogen) atoms. The van der Waals surface area contributed by atoms with Gasteiger partial charge >= 0.3 is 5.97 Å². The molecule has 1 rings (SSSR count). The number of rotatable bonds is 3. The standard InChI is InChI=1S/C7H8O3S/c1-2-3-4-5(6(8)9)11-7(4)10/h2,4-5H,1,3H2,(H,8,9)/t4-,5+/m0/s1. The largest absolute Gasteiger partial charge is 0.480 e. The third-order valence-electron chi connectivity index (χ3n) is 1.58. The predicted octanol–water partition coefficient (Wildman–Crippen LogP) is 0.905. The number of aliphatic carboxylic acids is 1. The Kier molecular flexibility index (Phi) is 2.34. The minimum atomic E-state index is -0.901. The topological polar surface area (TPSA) is 54.4 Å². The molecule has 1 heterocycles. The highest BCUT2D eigenvalue weighted by atomic mass is 32.2. The first-order valence-corrected chi connectivity index (χ1v) is 4.09. The lowest BCUT2D eigenvalue weighted by Crippen LogP contribution is -2.41. The first kappa shape index (κ1) is 8.33. The van der Waals surface area contributed by atoms with Crippen LogP contribution in [0.15, 0.2) is 12.7 Å². The fourth-order valence-electron chi connectivity index (χ4n) is 0.968. The smallest absolute Gasteiger partial charge is 0.317 e. The van der Waals surface area contributed by atoms with Gasteiger partial charge in [0.15, 0.2) is 5.12 Å². The highest BCUT2D eigenvalue weighted by Crippen LogP contribution is 2.38. The highest BCUT2D eigenvalue weighted by molar-refractivity contribution is 8.16. The van der Waals surface area contributed by atoms with E-state index in [2.05, 4.69) is 6.58 Å². The summed E-state index contributed by atoms with van der Waals surface area (Å²) in [5, 5.41) is 7.97. The molecular weight excluding hydrogens is 164 g/mol. The molecule has 0 aromatic carbocycles. The quantitative estimate of drug-likeness (QED) is 0.643. The van der Waals surface area contributed by atoms with Crippen molar-refractivity contribution in [3.63, 3.8) is 0 Å². The summed E-state index contributed by atoms with van der Waals surface area (Å²) < 4.78 is 0. The summed E-state index contributed by atoms with van der Waals surface area (Å²) in [7, 11) is 0. The van der Waals surface area contributed by atoms with E-state index in [1.54, 1.807) is 6.08 Å². The van der Waals surface area contributed by atoms with Crippen LogP contribution in [0.25, 0.3) is 0 Å². The lowest BCUT2D eigenvalue weighted by Gasteiger charge is -2.29. The Labute approximate surface area is 68.5 Å². The summed E-state index contributed by atoms with van der Waals surface area (Å²) in [6.07, 6.45) is 2.06. The van der Waals surface area contributed by atoms with E-state index in [1.807, 2.05) is 0 Å². The molecule has 1 aliphatic heterocycles. The number of thioether (sulfide) groups is 1. The lowest BCUT2D eigenvalue weighted by molar-refractivity contribution is -0.140. The molecule has 0 amide bonds. The Hall–Kier alpha value is -0.770. The minimum absolute atomic E-state index is 0.0303. The third-order valence-corrected chi connectivity index (χ3v) is 2.89. The molecule has 3 nitrogen and oxygen atoms in total. The summed E-state index contributed by atoms with van der Waals surface area (Å²) in [4.78, 5) is 21.2. The van der Waals surface area contributed by atoms with Crippen LogP contribution in [0.1, 0.15) is 6.42 Å². The van der Waals surface area contributed by atoms with Gasteiger partial charge in [-0.15, -0.1) is 6.58 Å². The maximum atomic E-state index is 10.8. The molecule has 60 valence electrons. The molecule has 2 atom stereocenters. The van der Waals surface area contributed by atoms with Gasteiger partial charge in [-0.3, -0.25) is 9.59 Å². The molecule has 1 saturated heterocycles. The van der Waals surface area contributed by atoms with Crippen molar-refractivity contribution in [1.82, 2.24) is 0 Å². The molecule has 1 fully saturated rings.